The van der Waals surface area contributed by atoms with Crippen molar-refractivity contribution in [3.63, 3.8) is 0 Å². The van der Waals surface area contributed by atoms with E-state index >= 15 is 0 Å². The quantitative estimate of drug-likeness (QED) is 0.713. The first-order chi connectivity index (χ1) is 9.74. The van der Waals surface area contributed by atoms with Crippen molar-refractivity contribution in [2.45, 2.75) is 19.5 Å². The Bertz CT molecular complexity index is 705. The SMILES string of the molecule is CC(Cn1ccnc1)Nc1ccc2ncccc2c1N. The fourth-order valence-electron chi connectivity index (χ4n) is 2.32. The molecule has 3 aromatic rings. The zero-order valence-corrected chi connectivity index (χ0v) is 11.3. The standard InChI is InChI=1S/C15H17N5/c1-11(9-20-8-7-17-10-20)19-14-5-4-13-12(15(14)16)3-2-6-18-13/h2-8,10-11,19H,9,16H2,1H3. The summed E-state index contributed by atoms with van der Waals surface area (Å²) in [5.74, 6) is 0. The number of nitrogens with zero attached hydrogens (tertiary/aromatic N) is 3. The van der Waals surface area contributed by atoms with E-state index in [1.165, 1.54) is 0 Å². The van der Waals surface area contributed by atoms with Gasteiger partial charge in [0, 0.05) is 36.6 Å². The molecule has 0 aliphatic carbocycles. The number of nitrogen functional groups attached to an aromatic ring is 1. The molecule has 5 nitrogen and oxygen atoms in total. The van der Waals surface area contributed by atoms with E-state index in [1.54, 1.807) is 12.4 Å². The van der Waals surface area contributed by atoms with Crippen LogP contribution in [0.15, 0.2) is 49.2 Å². The number of fused-ring (bicyclic) bond motifs is 1. The first-order valence-corrected chi connectivity index (χ1v) is 6.59. The van der Waals surface area contributed by atoms with Gasteiger partial charge in [-0.3, -0.25) is 4.98 Å². The van der Waals surface area contributed by atoms with Crippen LogP contribution in [-0.2, 0) is 6.54 Å². The summed E-state index contributed by atoms with van der Waals surface area (Å²) in [6.45, 7) is 2.96. The Kier molecular flexibility index (Phi) is 3.25. The van der Waals surface area contributed by atoms with E-state index in [0.717, 1.165) is 28.8 Å². The van der Waals surface area contributed by atoms with Gasteiger partial charge in [-0.05, 0) is 31.2 Å². The second-order valence-corrected chi connectivity index (χ2v) is 4.90. The van der Waals surface area contributed by atoms with Crippen LogP contribution in [0.4, 0.5) is 11.4 Å². The van der Waals surface area contributed by atoms with Crippen molar-refractivity contribution in [2.24, 2.45) is 0 Å². The molecule has 0 spiro atoms. The Hall–Kier alpha value is -2.56. The summed E-state index contributed by atoms with van der Waals surface area (Å²) >= 11 is 0. The molecule has 3 N–H and O–H groups in total. The van der Waals surface area contributed by atoms with Crippen LogP contribution >= 0.6 is 0 Å². The molecule has 0 aliphatic rings. The summed E-state index contributed by atoms with van der Waals surface area (Å²) in [5, 5.41) is 4.42. The second kappa shape index (κ2) is 5.21. The van der Waals surface area contributed by atoms with Gasteiger partial charge in [-0.15, -0.1) is 0 Å². The molecule has 0 aliphatic heterocycles. The van der Waals surface area contributed by atoms with Crippen molar-refractivity contribution in [1.82, 2.24) is 14.5 Å². The number of hydrogen-bond acceptors (Lipinski definition) is 4. The number of pyridine rings is 1. The molecule has 0 saturated heterocycles. The van der Waals surface area contributed by atoms with Gasteiger partial charge in [-0.25, -0.2) is 4.98 Å². The Morgan fingerprint density at radius 3 is 3.00 bits per heavy atom. The van der Waals surface area contributed by atoms with Crippen molar-refractivity contribution >= 4 is 22.3 Å². The Balaban J connectivity index is 1.82. The first kappa shape index (κ1) is 12.5. The van der Waals surface area contributed by atoms with Crippen molar-refractivity contribution in [2.75, 3.05) is 11.1 Å². The molecule has 0 saturated carbocycles. The molecule has 1 aromatic carbocycles. The van der Waals surface area contributed by atoms with Gasteiger partial charge >= 0.3 is 0 Å². The fourth-order valence-corrected chi connectivity index (χ4v) is 2.32. The maximum atomic E-state index is 6.22. The highest BCUT2D eigenvalue weighted by Crippen LogP contribution is 2.27. The molecular formula is C15H17N5. The zero-order chi connectivity index (χ0) is 13.9. The highest BCUT2D eigenvalue weighted by Gasteiger charge is 2.08. The van der Waals surface area contributed by atoms with Gasteiger partial charge < -0.3 is 15.6 Å². The van der Waals surface area contributed by atoms with E-state index in [1.807, 2.05) is 41.4 Å². The van der Waals surface area contributed by atoms with Crippen LogP contribution < -0.4 is 11.1 Å². The third-order valence-electron chi connectivity index (χ3n) is 3.27. The highest BCUT2D eigenvalue weighted by atomic mass is 15.1. The van der Waals surface area contributed by atoms with Crippen molar-refractivity contribution in [1.29, 1.82) is 0 Å². The average Bonchev–Trinajstić information content (AvgIpc) is 2.95. The van der Waals surface area contributed by atoms with E-state index in [0.29, 0.717) is 0 Å². The van der Waals surface area contributed by atoms with Crippen molar-refractivity contribution in [3.8, 4) is 0 Å². The Morgan fingerprint density at radius 1 is 1.30 bits per heavy atom. The maximum Gasteiger partial charge on any atom is 0.0946 e. The van der Waals surface area contributed by atoms with Crippen LogP contribution in [0.3, 0.4) is 0 Å². The summed E-state index contributed by atoms with van der Waals surface area (Å²) in [6, 6.07) is 8.11. The third kappa shape index (κ3) is 2.42. The maximum absolute atomic E-state index is 6.22. The largest absolute Gasteiger partial charge is 0.397 e. The fraction of sp³-hybridized carbons (Fsp3) is 0.200. The number of hydrogen-bond donors (Lipinski definition) is 2. The summed E-state index contributed by atoms with van der Waals surface area (Å²) < 4.78 is 2.04. The molecule has 1 atom stereocenters. The molecule has 0 fully saturated rings. The van der Waals surface area contributed by atoms with E-state index < -0.39 is 0 Å². The normalized spacial score (nSPS) is 12.4. The van der Waals surface area contributed by atoms with Gasteiger partial charge in [-0.2, -0.15) is 0 Å². The number of nitrogens with two attached hydrogens (primary N) is 1. The molecular weight excluding hydrogens is 250 g/mol. The summed E-state index contributed by atoms with van der Waals surface area (Å²) in [6.07, 6.45) is 7.32. The lowest BCUT2D eigenvalue weighted by atomic mass is 10.1. The minimum absolute atomic E-state index is 0.251. The predicted octanol–water partition coefficient (Wildman–Crippen LogP) is 2.51. The van der Waals surface area contributed by atoms with Gasteiger partial charge in [0.05, 0.1) is 23.2 Å². The monoisotopic (exact) mass is 267 g/mol. The average molecular weight is 267 g/mol. The zero-order valence-electron chi connectivity index (χ0n) is 11.3. The van der Waals surface area contributed by atoms with Gasteiger partial charge in [0.2, 0.25) is 0 Å². The number of nitrogens with one attached hydrogen (secondary N) is 1. The number of aromatic nitrogens is 3. The first-order valence-electron chi connectivity index (χ1n) is 6.59. The minimum Gasteiger partial charge on any atom is -0.397 e. The number of anilines is 2. The lowest BCUT2D eigenvalue weighted by Gasteiger charge is -2.18. The molecule has 102 valence electrons. The molecule has 5 heteroatoms. The highest BCUT2D eigenvalue weighted by molar-refractivity contribution is 5.96. The van der Waals surface area contributed by atoms with Crippen LogP contribution in [0.2, 0.25) is 0 Å². The van der Waals surface area contributed by atoms with Gasteiger partial charge in [-0.1, -0.05) is 0 Å². The molecule has 0 radical (unpaired) electrons. The van der Waals surface area contributed by atoms with E-state index in [-0.39, 0.29) is 6.04 Å². The predicted molar refractivity (Wildman–Crippen MR) is 81.5 cm³/mol. The van der Waals surface area contributed by atoms with Crippen molar-refractivity contribution < 1.29 is 0 Å². The molecule has 0 bridgehead atoms. The van der Waals surface area contributed by atoms with Gasteiger partial charge in [0.25, 0.3) is 0 Å². The topological polar surface area (TPSA) is 68.8 Å². The summed E-state index contributed by atoms with van der Waals surface area (Å²) in [5.41, 5.74) is 8.82. The van der Waals surface area contributed by atoms with Gasteiger partial charge in [0.1, 0.15) is 0 Å². The van der Waals surface area contributed by atoms with Crippen LogP contribution in [-0.4, -0.2) is 20.6 Å². The minimum atomic E-state index is 0.251. The molecule has 2 aromatic heterocycles. The van der Waals surface area contributed by atoms with Crippen molar-refractivity contribution in [3.05, 3.63) is 49.2 Å². The Morgan fingerprint density at radius 2 is 2.20 bits per heavy atom. The van der Waals surface area contributed by atoms with E-state index in [9.17, 15) is 0 Å². The Labute approximate surface area is 117 Å². The number of rotatable bonds is 4. The smallest absolute Gasteiger partial charge is 0.0946 e. The van der Waals surface area contributed by atoms with E-state index in [4.69, 9.17) is 5.73 Å². The molecule has 2 heterocycles. The van der Waals surface area contributed by atoms with Crippen LogP contribution in [0.5, 0.6) is 0 Å². The second-order valence-electron chi connectivity index (χ2n) is 4.90. The third-order valence-corrected chi connectivity index (χ3v) is 3.27. The molecule has 20 heavy (non-hydrogen) atoms. The van der Waals surface area contributed by atoms with Crippen LogP contribution in [0.25, 0.3) is 10.9 Å². The number of benzene rings is 1. The summed E-state index contributed by atoms with van der Waals surface area (Å²) in [4.78, 5) is 8.35. The molecule has 3 rings (SSSR count). The lowest BCUT2D eigenvalue weighted by molar-refractivity contribution is 0.619. The number of imidazole rings is 1. The van der Waals surface area contributed by atoms with Crippen LogP contribution in [0, 0.1) is 0 Å². The molecule has 0 amide bonds. The van der Waals surface area contributed by atoms with E-state index in [2.05, 4.69) is 22.2 Å². The van der Waals surface area contributed by atoms with Gasteiger partial charge in [0.15, 0.2) is 0 Å². The van der Waals surface area contributed by atoms with Crippen LogP contribution in [0.1, 0.15) is 6.92 Å². The lowest BCUT2D eigenvalue weighted by Crippen LogP contribution is -2.21. The molecule has 1 unspecified atom stereocenters. The summed E-state index contributed by atoms with van der Waals surface area (Å²) in [7, 11) is 0.